The molecule has 1 aromatic rings. The average Bonchev–Trinajstić information content (AvgIpc) is 2.38. The third kappa shape index (κ3) is 5.88. The largest absolute Gasteiger partial charge is 0.309 e. The van der Waals surface area contributed by atoms with E-state index in [1.165, 1.54) is 17.5 Å². The Morgan fingerprint density at radius 3 is 2.15 bits per heavy atom. The van der Waals surface area contributed by atoms with E-state index in [0.717, 1.165) is 12.3 Å². The lowest BCUT2D eigenvalue weighted by Crippen LogP contribution is -2.24. The molecule has 1 N–H and O–H groups in total. The Bertz CT molecular complexity index is 375. The van der Waals surface area contributed by atoms with Crippen molar-refractivity contribution in [2.75, 3.05) is 12.3 Å². The fourth-order valence-electron chi connectivity index (χ4n) is 2.10. The van der Waals surface area contributed by atoms with E-state index in [4.69, 9.17) is 0 Å². The second-order valence-corrected chi connectivity index (χ2v) is 8.37. The first-order valence-electron chi connectivity index (χ1n) is 7.80. The van der Waals surface area contributed by atoms with Crippen LogP contribution in [0.2, 0.25) is 0 Å². The summed E-state index contributed by atoms with van der Waals surface area (Å²) >= 11 is 2.03. The second kappa shape index (κ2) is 8.09. The standard InChI is InChI=1S/C18H31NS/c1-7-12-19-17(13-20-14(2)3)15-8-10-16(11-9-15)18(4,5)6/h8-11,14,17,19H,7,12-13H2,1-6H3. The highest BCUT2D eigenvalue weighted by Gasteiger charge is 2.15. The smallest absolute Gasteiger partial charge is 0.0411 e. The highest BCUT2D eigenvalue weighted by atomic mass is 32.2. The fraction of sp³-hybridized carbons (Fsp3) is 0.667. The lowest BCUT2D eigenvalue weighted by atomic mass is 9.86. The van der Waals surface area contributed by atoms with Crippen LogP contribution in [0.5, 0.6) is 0 Å². The fourth-order valence-corrected chi connectivity index (χ4v) is 2.98. The molecule has 0 heterocycles. The lowest BCUT2D eigenvalue weighted by Gasteiger charge is -2.23. The highest BCUT2D eigenvalue weighted by molar-refractivity contribution is 7.99. The minimum atomic E-state index is 0.234. The third-order valence-corrected chi connectivity index (χ3v) is 4.61. The SMILES string of the molecule is CCCNC(CSC(C)C)c1ccc(C(C)(C)C)cc1. The Labute approximate surface area is 129 Å². The van der Waals surface area contributed by atoms with Gasteiger partial charge in [0.1, 0.15) is 0 Å². The first-order chi connectivity index (χ1) is 9.34. The van der Waals surface area contributed by atoms with Crippen molar-refractivity contribution < 1.29 is 0 Å². The maximum absolute atomic E-state index is 3.68. The molecule has 0 spiro atoms. The molecule has 0 radical (unpaired) electrons. The third-order valence-electron chi connectivity index (χ3n) is 3.42. The van der Waals surface area contributed by atoms with Crippen molar-refractivity contribution in [3.63, 3.8) is 0 Å². The Kier molecular flexibility index (Phi) is 7.11. The van der Waals surface area contributed by atoms with Gasteiger partial charge >= 0.3 is 0 Å². The summed E-state index contributed by atoms with van der Waals surface area (Å²) in [5.74, 6) is 1.15. The van der Waals surface area contributed by atoms with E-state index >= 15 is 0 Å². The van der Waals surface area contributed by atoms with Gasteiger partial charge in [0, 0.05) is 11.8 Å². The molecule has 0 bridgehead atoms. The van der Waals surface area contributed by atoms with E-state index in [9.17, 15) is 0 Å². The van der Waals surface area contributed by atoms with Crippen LogP contribution in [0.4, 0.5) is 0 Å². The number of benzene rings is 1. The first-order valence-corrected chi connectivity index (χ1v) is 8.85. The van der Waals surface area contributed by atoms with Gasteiger partial charge < -0.3 is 5.32 Å². The molecule has 1 aromatic carbocycles. The summed E-state index contributed by atoms with van der Waals surface area (Å²) < 4.78 is 0. The van der Waals surface area contributed by atoms with Crippen LogP contribution in [0, 0.1) is 0 Å². The Morgan fingerprint density at radius 1 is 1.10 bits per heavy atom. The van der Waals surface area contributed by atoms with Gasteiger partial charge in [-0.2, -0.15) is 11.8 Å². The van der Waals surface area contributed by atoms with E-state index in [1.807, 2.05) is 11.8 Å². The van der Waals surface area contributed by atoms with Gasteiger partial charge in [-0.25, -0.2) is 0 Å². The molecular weight excluding hydrogens is 262 g/mol. The average molecular weight is 294 g/mol. The molecule has 0 aliphatic heterocycles. The molecule has 0 amide bonds. The van der Waals surface area contributed by atoms with Crippen LogP contribution in [0.25, 0.3) is 0 Å². The molecule has 1 unspecified atom stereocenters. The highest BCUT2D eigenvalue weighted by Crippen LogP contribution is 2.26. The molecule has 20 heavy (non-hydrogen) atoms. The first kappa shape index (κ1) is 17.6. The predicted octanol–water partition coefficient (Wildman–Crippen LogP) is 5.17. The molecule has 1 rings (SSSR count). The minimum absolute atomic E-state index is 0.234. The van der Waals surface area contributed by atoms with Gasteiger partial charge in [0.15, 0.2) is 0 Å². The maximum Gasteiger partial charge on any atom is 0.0411 e. The Hall–Kier alpha value is -0.470. The summed E-state index contributed by atoms with van der Waals surface area (Å²) in [6.07, 6.45) is 1.18. The zero-order valence-corrected chi connectivity index (χ0v) is 14.8. The van der Waals surface area contributed by atoms with Crippen molar-refractivity contribution in [1.29, 1.82) is 0 Å². The zero-order valence-electron chi connectivity index (χ0n) is 14.0. The van der Waals surface area contributed by atoms with Gasteiger partial charge in [0.25, 0.3) is 0 Å². The number of nitrogens with one attached hydrogen (secondary N) is 1. The molecule has 0 aliphatic carbocycles. The van der Waals surface area contributed by atoms with Crippen molar-refractivity contribution in [2.24, 2.45) is 0 Å². The van der Waals surface area contributed by atoms with Crippen molar-refractivity contribution >= 4 is 11.8 Å². The zero-order chi connectivity index (χ0) is 15.2. The molecule has 0 aromatic heterocycles. The normalized spacial score (nSPS) is 13.8. The maximum atomic E-state index is 3.68. The van der Waals surface area contributed by atoms with Crippen molar-refractivity contribution in [2.45, 2.75) is 64.7 Å². The molecule has 1 atom stereocenters. The van der Waals surface area contributed by atoms with E-state index in [2.05, 4.69) is 71.1 Å². The van der Waals surface area contributed by atoms with Crippen molar-refractivity contribution in [1.82, 2.24) is 5.32 Å². The molecule has 0 saturated heterocycles. The van der Waals surface area contributed by atoms with Crippen LogP contribution in [-0.2, 0) is 5.41 Å². The predicted molar refractivity (Wildman–Crippen MR) is 93.8 cm³/mol. The number of rotatable bonds is 7. The quantitative estimate of drug-likeness (QED) is 0.744. The molecule has 2 heteroatoms. The molecule has 114 valence electrons. The minimum Gasteiger partial charge on any atom is -0.309 e. The molecule has 0 aliphatic rings. The van der Waals surface area contributed by atoms with Gasteiger partial charge in [-0.05, 0) is 34.8 Å². The summed E-state index contributed by atoms with van der Waals surface area (Å²) in [7, 11) is 0. The molecule has 0 saturated carbocycles. The van der Waals surface area contributed by atoms with Gasteiger partial charge in [-0.15, -0.1) is 0 Å². The van der Waals surface area contributed by atoms with E-state index < -0.39 is 0 Å². The van der Waals surface area contributed by atoms with Gasteiger partial charge in [0.05, 0.1) is 0 Å². The van der Waals surface area contributed by atoms with E-state index in [-0.39, 0.29) is 5.41 Å². The van der Waals surface area contributed by atoms with Crippen LogP contribution in [-0.4, -0.2) is 17.5 Å². The Balaban J connectivity index is 2.79. The summed E-state index contributed by atoms with van der Waals surface area (Å²) in [5.41, 5.74) is 3.06. The molecular formula is C18H31NS. The van der Waals surface area contributed by atoms with Crippen LogP contribution < -0.4 is 5.32 Å². The number of hydrogen-bond donors (Lipinski definition) is 1. The van der Waals surface area contributed by atoms with Gasteiger partial charge in [0.2, 0.25) is 0 Å². The number of thioether (sulfide) groups is 1. The van der Waals surface area contributed by atoms with Crippen LogP contribution in [0.3, 0.4) is 0 Å². The van der Waals surface area contributed by atoms with Crippen LogP contribution in [0.1, 0.15) is 65.1 Å². The van der Waals surface area contributed by atoms with Crippen LogP contribution in [0.15, 0.2) is 24.3 Å². The summed E-state index contributed by atoms with van der Waals surface area (Å²) in [6, 6.07) is 9.65. The second-order valence-electron chi connectivity index (χ2n) is 6.76. The Morgan fingerprint density at radius 2 is 1.70 bits per heavy atom. The van der Waals surface area contributed by atoms with Crippen molar-refractivity contribution in [3.05, 3.63) is 35.4 Å². The van der Waals surface area contributed by atoms with Gasteiger partial charge in [-0.1, -0.05) is 65.8 Å². The van der Waals surface area contributed by atoms with Crippen molar-refractivity contribution in [3.8, 4) is 0 Å². The lowest BCUT2D eigenvalue weighted by molar-refractivity contribution is 0.572. The summed E-state index contributed by atoms with van der Waals surface area (Å²) in [4.78, 5) is 0. The monoisotopic (exact) mass is 293 g/mol. The van der Waals surface area contributed by atoms with Gasteiger partial charge in [-0.3, -0.25) is 0 Å². The molecule has 1 nitrogen and oxygen atoms in total. The number of hydrogen-bond acceptors (Lipinski definition) is 2. The topological polar surface area (TPSA) is 12.0 Å². The van der Waals surface area contributed by atoms with E-state index in [0.29, 0.717) is 11.3 Å². The van der Waals surface area contributed by atoms with Crippen LogP contribution >= 0.6 is 11.8 Å². The summed E-state index contributed by atoms with van der Waals surface area (Å²) in [5, 5.41) is 4.37. The summed E-state index contributed by atoms with van der Waals surface area (Å²) in [6.45, 7) is 14.7. The molecule has 0 fully saturated rings. The van der Waals surface area contributed by atoms with E-state index in [1.54, 1.807) is 0 Å².